The van der Waals surface area contributed by atoms with Crippen LogP contribution in [0.25, 0.3) is 11.0 Å². The highest BCUT2D eigenvalue weighted by molar-refractivity contribution is 5.81. The zero-order valence-electron chi connectivity index (χ0n) is 13.9. The summed E-state index contributed by atoms with van der Waals surface area (Å²) in [6.45, 7) is 6.33. The van der Waals surface area contributed by atoms with Crippen molar-refractivity contribution in [3.8, 4) is 12.3 Å². The second-order valence-corrected chi connectivity index (χ2v) is 5.58. The summed E-state index contributed by atoms with van der Waals surface area (Å²) in [7, 11) is 0. The van der Waals surface area contributed by atoms with Gasteiger partial charge in [0.15, 0.2) is 0 Å². The van der Waals surface area contributed by atoms with E-state index in [1.165, 1.54) is 4.57 Å². The van der Waals surface area contributed by atoms with Gasteiger partial charge < -0.3 is 5.32 Å². The Morgan fingerprint density at radius 3 is 2.22 bits per heavy atom. The van der Waals surface area contributed by atoms with E-state index < -0.39 is 5.54 Å². The number of carbonyl (C=O) groups excluding carboxylic acids is 1. The molecule has 23 heavy (non-hydrogen) atoms. The number of aromatic nitrogens is 2. The minimum atomic E-state index is -0.649. The van der Waals surface area contributed by atoms with Gasteiger partial charge in [-0.1, -0.05) is 31.9 Å². The molecule has 0 saturated heterocycles. The van der Waals surface area contributed by atoms with Crippen molar-refractivity contribution in [3.05, 3.63) is 34.7 Å². The second kappa shape index (κ2) is 6.74. The molecule has 0 bridgehead atoms. The SMILES string of the molecule is C#CC(CC)(CC)NC(=O)Cn1c(=O)n(CC)c2ccccc21. The maximum absolute atomic E-state index is 12.5. The molecule has 5 heteroatoms. The first kappa shape index (κ1) is 16.9. The highest BCUT2D eigenvalue weighted by atomic mass is 16.2. The van der Waals surface area contributed by atoms with Gasteiger partial charge in [0, 0.05) is 6.54 Å². The zero-order chi connectivity index (χ0) is 17.0. The Kier molecular flexibility index (Phi) is 4.95. The van der Waals surface area contributed by atoms with Crippen LogP contribution in [0.1, 0.15) is 33.6 Å². The molecule has 0 unspecified atom stereocenters. The van der Waals surface area contributed by atoms with Gasteiger partial charge in [-0.05, 0) is 31.9 Å². The average Bonchev–Trinajstić information content (AvgIpc) is 2.84. The number of benzene rings is 1. The summed E-state index contributed by atoms with van der Waals surface area (Å²) in [6, 6.07) is 7.48. The number of nitrogens with zero attached hydrogens (tertiary/aromatic N) is 2. The van der Waals surface area contributed by atoms with E-state index in [0.29, 0.717) is 19.4 Å². The van der Waals surface area contributed by atoms with Crippen LogP contribution < -0.4 is 11.0 Å². The van der Waals surface area contributed by atoms with Gasteiger partial charge >= 0.3 is 5.69 Å². The van der Waals surface area contributed by atoms with Crippen molar-refractivity contribution in [1.82, 2.24) is 14.5 Å². The van der Waals surface area contributed by atoms with Gasteiger partial charge in [0.2, 0.25) is 5.91 Å². The van der Waals surface area contributed by atoms with Crippen molar-refractivity contribution < 1.29 is 4.79 Å². The molecular weight excluding hydrogens is 290 g/mol. The molecule has 2 rings (SSSR count). The summed E-state index contributed by atoms with van der Waals surface area (Å²) in [6.07, 6.45) is 6.88. The van der Waals surface area contributed by atoms with Crippen molar-refractivity contribution in [2.24, 2.45) is 0 Å². The minimum absolute atomic E-state index is 0.0320. The fourth-order valence-electron chi connectivity index (χ4n) is 2.85. The number of amides is 1. The number of rotatable bonds is 6. The van der Waals surface area contributed by atoms with Gasteiger partial charge in [-0.15, -0.1) is 6.42 Å². The molecule has 0 aliphatic rings. The van der Waals surface area contributed by atoms with Crippen LogP contribution >= 0.6 is 0 Å². The van der Waals surface area contributed by atoms with E-state index in [1.807, 2.05) is 45.0 Å². The molecule has 1 aromatic carbocycles. The van der Waals surface area contributed by atoms with Crippen molar-refractivity contribution in [3.63, 3.8) is 0 Å². The summed E-state index contributed by atoms with van der Waals surface area (Å²) in [4.78, 5) is 25.0. The van der Waals surface area contributed by atoms with Crippen LogP contribution in [0.4, 0.5) is 0 Å². The quantitative estimate of drug-likeness (QED) is 0.831. The summed E-state index contributed by atoms with van der Waals surface area (Å²) in [5.41, 5.74) is 0.767. The van der Waals surface area contributed by atoms with Crippen molar-refractivity contribution in [1.29, 1.82) is 0 Å². The lowest BCUT2D eigenvalue weighted by Gasteiger charge is -2.27. The van der Waals surface area contributed by atoms with Crippen LogP contribution in [-0.4, -0.2) is 20.6 Å². The van der Waals surface area contributed by atoms with E-state index in [9.17, 15) is 9.59 Å². The van der Waals surface area contributed by atoms with Crippen LogP contribution in [0.3, 0.4) is 0 Å². The van der Waals surface area contributed by atoms with Gasteiger partial charge in [0.05, 0.1) is 11.0 Å². The predicted octanol–water partition coefficient (Wildman–Crippen LogP) is 2.13. The van der Waals surface area contributed by atoms with Crippen molar-refractivity contribution in [2.45, 2.75) is 52.2 Å². The molecule has 1 N–H and O–H groups in total. The Morgan fingerprint density at radius 2 is 1.74 bits per heavy atom. The largest absolute Gasteiger partial charge is 0.338 e. The normalized spacial score (nSPS) is 11.4. The Morgan fingerprint density at radius 1 is 1.17 bits per heavy atom. The molecule has 0 aliphatic carbocycles. The summed E-state index contributed by atoms with van der Waals surface area (Å²) in [5.74, 6) is 2.43. The molecule has 1 heterocycles. The minimum Gasteiger partial charge on any atom is -0.338 e. The highest BCUT2D eigenvalue weighted by Crippen LogP contribution is 2.15. The van der Waals surface area contributed by atoms with Gasteiger partial charge in [-0.25, -0.2) is 4.79 Å². The number of hydrogen-bond donors (Lipinski definition) is 1. The lowest BCUT2D eigenvalue weighted by molar-refractivity contribution is -0.123. The molecule has 122 valence electrons. The van der Waals surface area contributed by atoms with Crippen LogP contribution in [0.15, 0.2) is 29.1 Å². The monoisotopic (exact) mass is 313 g/mol. The van der Waals surface area contributed by atoms with E-state index >= 15 is 0 Å². The Hall–Kier alpha value is -2.48. The van der Waals surface area contributed by atoms with Crippen molar-refractivity contribution in [2.75, 3.05) is 0 Å². The van der Waals surface area contributed by atoms with Gasteiger partial charge in [-0.3, -0.25) is 13.9 Å². The maximum atomic E-state index is 12.5. The molecule has 0 radical (unpaired) electrons. The summed E-state index contributed by atoms with van der Waals surface area (Å²) >= 11 is 0. The molecule has 0 spiro atoms. The Labute approximate surface area is 136 Å². The van der Waals surface area contributed by atoms with E-state index in [2.05, 4.69) is 11.2 Å². The molecular formula is C18H23N3O2. The Balaban J connectivity index is 2.36. The maximum Gasteiger partial charge on any atom is 0.329 e. The third kappa shape index (κ3) is 3.02. The zero-order valence-corrected chi connectivity index (χ0v) is 13.9. The lowest BCUT2D eigenvalue weighted by atomic mass is 9.94. The molecule has 5 nitrogen and oxygen atoms in total. The number of nitrogens with one attached hydrogen (secondary N) is 1. The standard InChI is InChI=1S/C18H23N3O2/c1-5-18(6-2,7-3)19-16(22)13-21-15-12-10-9-11-14(15)20(8-4)17(21)23/h1,9-12H,6-8,13H2,2-4H3,(H,19,22). The third-order valence-electron chi connectivity index (χ3n) is 4.41. The molecule has 1 aromatic heterocycles. The fraction of sp³-hybridized carbons (Fsp3) is 0.444. The molecule has 0 aliphatic heterocycles. The number of aryl methyl sites for hydroxylation is 1. The van der Waals surface area contributed by atoms with Gasteiger partial charge in [0.1, 0.15) is 12.1 Å². The summed E-state index contributed by atoms with van der Waals surface area (Å²) < 4.78 is 3.16. The van der Waals surface area contributed by atoms with E-state index in [-0.39, 0.29) is 18.1 Å². The van der Waals surface area contributed by atoms with E-state index in [0.717, 1.165) is 11.0 Å². The number of carbonyl (C=O) groups is 1. The van der Waals surface area contributed by atoms with Gasteiger partial charge in [0.25, 0.3) is 0 Å². The third-order valence-corrected chi connectivity index (χ3v) is 4.41. The number of para-hydroxylation sites is 2. The number of terminal acetylenes is 1. The first-order valence-electron chi connectivity index (χ1n) is 7.98. The average molecular weight is 313 g/mol. The predicted molar refractivity (Wildman–Crippen MR) is 92.2 cm³/mol. The number of imidazole rings is 1. The van der Waals surface area contributed by atoms with Crippen LogP contribution in [0, 0.1) is 12.3 Å². The second-order valence-electron chi connectivity index (χ2n) is 5.58. The number of hydrogen-bond acceptors (Lipinski definition) is 2. The highest BCUT2D eigenvalue weighted by Gasteiger charge is 2.26. The fourth-order valence-corrected chi connectivity index (χ4v) is 2.85. The smallest absolute Gasteiger partial charge is 0.329 e. The lowest BCUT2D eigenvalue weighted by Crippen LogP contribution is -2.48. The van der Waals surface area contributed by atoms with E-state index in [4.69, 9.17) is 6.42 Å². The summed E-state index contributed by atoms with van der Waals surface area (Å²) in [5, 5.41) is 2.90. The molecule has 0 fully saturated rings. The first-order valence-corrected chi connectivity index (χ1v) is 7.98. The molecule has 0 atom stereocenters. The van der Waals surface area contributed by atoms with Crippen LogP contribution in [-0.2, 0) is 17.9 Å². The van der Waals surface area contributed by atoms with Gasteiger partial charge in [-0.2, -0.15) is 0 Å². The number of fused-ring (bicyclic) bond motifs is 1. The van der Waals surface area contributed by atoms with E-state index in [1.54, 1.807) is 4.57 Å². The topological polar surface area (TPSA) is 56.0 Å². The first-order chi connectivity index (χ1) is 11.0. The molecule has 0 saturated carbocycles. The molecule has 1 amide bonds. The van der Waals surface area contributed by atoms with Crippen LogP contribution in [0.5, 0.6) is 0 Å². The Bertz CT molecular complexity index is 804. The molecule has 2 aromatic rings. The van der Waals surface area contributed by atoms with Crippen molar-refractivity contribution >= 4 is 16.9 Å². The van der Waals surface area contributed by atoms with Crippen LogP contribution in [0.2, 0.25) is 0 Å².